The van der Waals surface area contributed by atoms with Crippen molar-refractivity contribution in [3.8, 4) is 11.5 Å². The third-order valence-electron chi connectivity index (χ3n) is 11.3. The second-order valence-electron chi connectivity index (χ2n) is 19.2. The summed E-state index contributed by atoms with van der Waals surface area (Å²) in [5, 5.41) is 14.4. The van der Waals surface area contributed by atoms with Gasteiger partial charge in [0, 0.05) is 50.4 Å². The van der Waals surface area contributed by atoms with Gasteiger partial charge in [0.15, 0.2) is 13.2 Å². The maximum Gasteiger partial charge on any atom is 0.407 e. The number of carboxylic acid groups (broad SMARTS) is 1. The molecule has 0 atom stereocenters. The molecule has 2 fully saturated rings. The van der Waals surface area contributed by atoms with Crippen LogP contribution in [0.4, 0.5) is 9.59 Å². The first kappa shape index (κ1) is 53.8. The van der Waals surface area contributed by atoms with E-state index < -0.39 is 41.9 Å². The lowest BCUT2D eigenvalue weighted by Gasteiger charge is -2.32. The van der Waals surface area contributed by atoms with Crippen LogP contribution in [0.15, 0.2) is 97.1 Å². The van der Waals surface area contributed by atoms with Gasteiger partial charge >= 0.3 is 24.1 Å². The minimum Gasteiger partial charge on any atom is -0.482 e. The molecule has 4 aromatic carbocycles. The second-order valence-corrected chi connectivity index (χ2v) is 19.2. The Morgan fingerprint density at radius 1 is 0.571 bits per heavy atom. The van der Waals surface area contributed by atoms with Gasteiger partial charge in [0.2, 0.25) is 0 Å². The molecule has 4 amide bonds. The van der Waals surface area contributed by atoms with Crippen molar-refractivity contribution < 1.29 is 57.6 Å². The molecular formula is C54H68N4O12. The topological polar surface area (TPSA) is 199 Å². The molecule has 2 heterocycles. The van der Waals surface area contributed by atoms with Crippen molar-refractivity contribution in [3.05, 3.63) is 130 Å². The number of benzene rings is 4. The molecule has 0 radical (unpaired) electrons. The monoisotopic (exact) mass is 964 g/mol. The molecule has 0 aliphatic carbocycles. The van der Waals surface area contributed by atoms with Crippen LogP contribution in [0.3, 0.4) is 0 Å². The zero-order valence-electron chi connectivity index (χ0n) is 41.4. The fourth-order valence-electron chi connectivity index (χ4n) is 8.02. The maximum atomic E-state index is 13.1. The first-order chi connectivity index (χ1) is 33.2. The highest BCUT2D eigenvalue weighted by Crippen LogP contribution is 2.31. The van der Waals surface area contributed by atoms with Crippen LogP contribution in [0.2, 0.25) is 0 Å². The van der Waals surface area contributed by atoms with Crippen molar-refractivity contribution in [1.82, 2.24) is 20.4 Å². The van der Waals surface area contributed by atoms with Gasteiger partial charge < -0.3 is 49.2 Å². The Kier molecular flexibility index (Phi) is 19.6. The number of nitrogens with one attached hydrogen (secondary N) is 2. The van der Waals surface area contributed by atoms with Crippen molar-refractivity contribution in [2.75, 3.05) is 46.0 Å². The highest BCUT2D eigenvalue weighted by Gasteiger charge is 2.27. The number of likely N-dealkylation sites (tertiary alicyclic amines) is 2. The molecule has 0 spiro atoms. The Labute approximate surface area is 410 Å². The van der Waals surface area contributed by atoms with Crippen LogP contribution in [0.1, 0.15) is 129 Å². The number of aliphatic carboxylic acids is 1. The molecule has 3 N–H and O–H groups in total. The molecule has 70 heavy (non-hydrogen) atoms. The average Bonchev–Trinajstić information content (AvgIpc) is 3.33. The van der Waals surface area contributed by atoms with Crippen LogP contribution >= 0.6 is 0 Å². The van der Waals surface area contributed by atoms with E-state index in [4.69, 9.17) is 28.8 Å². The number of piperidine rings is 2. The lowest BCUT2D eigenvalue weighted by atomic mass is 9.88. The van der Waals surface area contributed by atoms with Gasteiger partial charge in [-0.25, -0.2) is 19.2 Å². The molecule has 16 heteroatoms. The highest BCUT2D eigenvalue weighted by atomic mass is 16.6. The van der Waals surface area contributed by atoms with Crippen LogP contribution < -0.4 is 20.1 Å². The average molecular weight is 965 g/mol. The second kappa shape index (κ2) is 25.5. The van der Waals surface area contributed by atoms with E-state index in [9.17, 15) is 28.8 Å². The van der Waals surface area contributed by atoms with Crippen molar-refractivity contribution >= 4 is 35.9 Å². The fraction of sp³-hybridized carbons (Fsp3) is 0.444. The van der Waals surface area contributed by atoms with E-state index in [-0.39, 0.29) is 18.4 Å². The lowest BCUT2D eigenvalue weighted by Crippen LogP contribution is -2.38. The number of rotatable bonds is 15. The van der Waals surface area contributed by atoms with Crippen LogP contribution in [-0.4, -0.2) is 108 Å². The summed E-state index contributed by atoms with van der Waals surface area (Å²) in [4.78, 5) is 75.8. The number of hydrogen-bond acceptors (Lipinski definition) is 11. The fourth-order valence-corrected chi connectivity index (χ4v) is 8.02. The summed E-state index contributed by atoms with van der Waals surface area (Å²) in [6.07, 6.45) is 2.51. The standard InChI is InChI=1S/C28H36N2O6.C26H32N2O6/c1-5-34-25(31)19-35-24-11-7-10-23(17-24)26(32)30-14-12-21(13-15-30)22-9-6-8-20(16-22)18-29-27(33)36-28(2,3)4;1-26(2,3)34-25(32)27-16-18-6-4-7-20(14-18)19-10-12-28(13-11-19)24(31)21-8-5-9-22(15-21)33-17-23(29)30/h6-11,16-17,21H,5,12-15,18-19H2,1-4H3,(H,29,33);4-9,14-15,19H,10-13,16-17H2,1-3H3,(H,27,32)(H,29,30). The van der Waals surface area contributed by atoms with E-state index in [0.717, 1.165) is 36.8 Å². The molecule has 2 saturated heterocycles. The third-order valence-corrected chi connectivity index (χ3v) is 11.3. The maximum absolute atomic E-state index is 13.1. The summed E-state index contributed by atoms with van der Waals surface area (Å²) in [6, 6.07) is 29.8. The van der Waals surface area contributed by atoms with E-state index in [1.54, 1.807) is 55.5 Å². The van der Waals surface area contributed by atoms with E-state index in [1.165, 1.54) is 11.1 Å². The van der Waals surface area contributed by atoms with Gasteiger partial charge in [-0.15, -0.1) is 0 Å². The Hall–Kier alpha value is -7.10. The number of nitrogens with zero attached hydrogens (tertiary/aromatic N) is 2. The molecule has 376 valence electrons. The molecular weight excluding hydrogens is 897 g/mol. The Morgan fingerprint density at radius 2 is 0.971 bits per heavy atom. The van der Waals surface area contributed by atoms with Crippen LogP contribution in [0, 0.1) is 0 Å². The number of carboxylic acids is 1. The number of carbonyl (C=O) groups is 6. The molecule has 6 rings (SSSR count). The lowest BCUT2D eigenvalue weighted by molar-refractivity contribution is -0.145. The number of alkyl carbamates (subject to hydrolysis) is 2. The molecule has 0 saturated carbocycles. The van der Waals surface area contributed by atoms with Gasteiger partial charge in [-0.1, -0.05) is 60.7 Å². The zero-order chi connectivity index (χ0) is 50.8. The number of esters is 1. The Bertz CT molecular complexity index is 2410. The zero-order valence-corrected chi connectivity index (χ0v) is 41.4. The van der Waals surface area contributed by atoms with E-state index in [2.05, 4.69) is 34.9 Å². The van der Waals surface area contributed by atoms with Gasteiger partial charge in [-0.2, -0.15) is 0 Å². The SMILES string of the molecule is CC(C)(C)OC(=O)NCc1cccc(C2CCN(C(=O)c3cccc(OCC(=O)O)c3)CC2)c1.CCOC(=O)COc1cccc(C(=O)N2CCC(c3cccc(CNC(=O)OC(C)(C)C)c3)CC2)c1. The van der Waals surface area contributed by atoms with Crippen molar-refractivity contribution in [3.63, 3.8) is 0 Å². The van der Waals surface area contributed by atoms with E-state index in [1.807, 2.05) is 75.6 Å². The van der Waals surface area contributed by atoms with Gasteiger partial charge in [0.05, 0.1) is 6.61 Å². The summed E-state index contributed by atoms with van der Waals surface area (Å²) >= 11 is 0. The van der Waals surface area contributed by atoms with Crippen molar-refractivity contribution in [2.45, 2.75) is 110 Å². The van der Waals surface area contributed by atoms with E-state index >= 15 is 0 Å². The number of amides is 4. The van der Waals surface area contributed by atoms with Crippen LogP contribution in [0.5, 0.6) is 11.5 Å². The normalized spacial score (nSPS) is 14.3. The molecule has 2 aliphatic heterocycles. The summed E-state index contributed by atoms with van der Waals surface area (Å²) in [5.74, 6) is -0.157. The van der Waals surface area contributed by atoms with E-state index in [0.29, 0.717) is 80.3 Å². The summed E-state index contributed by atoms with van der Waals surface area (Å²) in [6.45, 7) is 15.7. The van der Waals surface area contributed by atoms with Crippen LogP contribution in [-0.2, 0) is 36.9 Å². The summed E-state index contributed by atoms with van der Waals surface area (Å²) in [7, 11) is 0. The molecule has 2 aliphatic rings. The number of ether oxygens (including phenoxy) is 5. The molecule has 0 aromatic heterocycles. The first-order valence-electron chi connectivity index (χ1n) is 23.8. The van der Waals surface area contributed by atoms with Crippen molar-refractivity contribution in [2.24, 2.45) is 0 Å². The Balaban J connectivity index is 0.000000261. The molecule has 4 aromatic rings. The number of carbonyl (C=O) groups excluding carboxylic acids is 5. The highest BCUT2D eigenvalue weighted by molar-refractivity contribution is 5.95. The largest absolute Gasteiger partial charge is 0.482 e. The van der Waals surface area contributed by atoms with Crippen molar-refractivity contribution in [1.29, 1.82) is 0 Å². The minimum absolute atomic E-state index is 0.0506. The third kappa shape index (κ3) is 18.1. The predicted molar refractivity (Wildman–Crippen MR) is 263 cm³/mol. The van der Waals surface area contributed by atoms with Gasteiger partial charge in [0.1, 0.15) is 22.7 Å². The van der Waals surface area contributed by atoms with Gasteiger partial charge in [-0.05, 0) is 145 Å². The number of hydrogen-bond donors (Lipinski definition) is 3. The quantitative estimate of drug-likeness (QED) is 0.0757. The smallest absolute Gasteiger partial charge is 0.407 e. The molecule has 0 unspecified atom stereocenters. The molecule has 16 nitrogen and oxygen atoms in total. The first-order valence-corrected chi connectivity index (χ1v) is 23.8. The summed E-state index contributed by atoms with van der Waals surface area (Å²) in [5.41, 5.74) is 4.36. The van der Waals surface area contributed by atoms with Gasteiger partial charge in [0.25, 0.3) is 11.8 Å². The van der Waals surface area contributed by atoms with Gasteiger partial charge in [-0.3, -0.25) is 9.59 Å². The Morgan fingerprint density at radius 3 is 1.36 bits per heavy atom. The van der Waals surface area contributed by atoms with Crippen LogP contribution in [0.25, 0.3) is 0 Å². The summed E-state index contributed by atoms with van der Waals surface area (Å²) < 4.78 is 26.1. The predicted octanol–water partition coefficient (Wildman–Crippen LogP) is 8.87. The minimum atomic E-state index is -1.07. The molecule has 0 bridgehead atoms.